The Morgan fingerprint density at radius 1 is 1.21 bits per heavy atom. The van der Waals surface area contributed by atoms with Crippen LogP contribution >= 0.6 is 27.7 Å². The fourth-order valence-electron chi connectivity index (χ4n) is 2.56. The molecule has 142 valence electrons. The summed E-state index contributed by atoms with van der Waals surface area (Å²) in [7, 11) is 3.10. The van der Waals surface area contributed by atoms with Crippen LogP contribution in [0.25, 0.3) is 10.9 Å². The molecule has 0 bridgehead atoms. The van der Waals surface area contributed by atoms with E-state index in [1.54, 1.807) is 38.5 Å². The van der Waals surface area contributed by atoms with Gasteiger partial charge in [0, 0.05) is 15.9 Å². The fourth-order valence-corrected chi connectivity index (χ4v) is 3.70. The first-order valence-corrected chi connectivity index (χ1v) is 9.97. The van der Waals surface area contributed by atoms with Crippen molar-refractivity contribution in [1.29, 1.82) is 5.26 Å². The third-order valence-corrected chi connectivity index (χ3v) is 5.58. The number of benzene rings is 2. The molecular weight excluding hydrogens is 442 g/mol. The second-order valence-electron chi connectivity index (χ2n) is 5.67. The van der Waals surface area contributed by atoms with Crippen molar-refractivity contribution in [2.24, 2.45) is 0 Å². The number of hydrogen-bond acceptors (Lipinski definition) is 6. The van der Waals surface area contributed by atoms with Crippen molar-refractivity contribution in [3.05, 3.63) is 52.5 Å². The van der Waals surface area contributed by atoms with Gasteiger partial charge in [-0.1, -0.05) is 23.9 Å². The third kappa shape index (κ3) is 4.38. The molecule has 1 aromatic heterocycles. The molecule has 8 heteroatoms. The zero-order valence-corrected chi connectivity index (χ0v) is 17.6. The topological polar surface area (TPSA) is 84.2 Å². The molecule has 0 aliphatic heterocycles. The van der Waals surface area contributed by atoms with E-state index in [4.69, 9.17) is 9.47 Å². The normalized spacial score (nSPS) is 10.4. The second kappa shape index (κ2) is 8.95. The van der Waals surface area contributed by atoms with Gasteiger partial charge in [0.2, 0.25) is 5.91 Å². The summed E-state index contributed by atoms with van der Waals surface area (Å²) in [5.74, 6) is 1.06. The molecule has 0 radical (unpaired) electrons. The quantitative estimate of drug-likeness (QED) is 0.543. The molecule has 1 N–H and O–H groups in total. The largest absolute Gasteiger partial charge is 0.493 e. The molecule has 0 saturated carbocycles. The van der Waals surface area contributed by atoms with Crippen LogP contribution in [0.5, 0.6) is 11.5 Å². The Bertz CT molecular complexity index is 1080. The minimum atomic E-state index is -0.185. The van der Waals surface area contributed by atoms with Crippen molar-refractivity contribution in [2.75, 3.05) is 25.3 Å². The number of fused-ring (bicyclic) bond motifs is 1. The van der Waals surface area contributed by atoms with Gasteiger partial charge in [-0.25, -0.2) is 4.98 Å². The predicted octanol–water partition coefficient (Wildman–Crippen LogP) is 4.62. The van der Waals surface area contributed by atoms with Crippen LogP contribution in [0.2, 0.25) is 0 Å². The van der Waals surface area contributed by atoms with Crippen LogP contribution in [0.3, 0.4) is 0 Å². The van der Waals surface area contributed by atoms with E-state index < -0.39 is 0 Å². The van der Waals surface area contributed by atoms with Gasteiger partial charge in [0.1, 0.15) is 11.1 Å². The number of nitriles is 1. The number of rotatable bonds is 6. The Labute approximate surface area is 175 Å². The summed E-state index contributed by atoms with van der Waals surface area (Å²) in [4.78, 5) is 16.8. The van der Waals surface area contributed by atoms with Gasteiger partial charge in [-0.3, -0.25) is 4.79 Å². The van der Waals surface area contributed by atoms with Crippen molar-refractivity contribution in [1.82, 2.24) is 4.98 Å². The number of nitrogens with zero attached hydrogens (tertiary/aromatic N) is 2. The summed E-state index contributed by atoms with van der Waals surface area (Å²) < 4.78 is 11.4. The maximum atomic E-state index is 12.3. The van der Waals surface area contributed by atoms with Crippen LogP contribution in [-0.4, -0.2) is 30.9 Å². The number of hydrogen-bond donors (Lipinski definition) is 1. The molecular formula is C20H16BrN3O3S. The van der Waals surface area contributed by atoms with Gasteiger partial charge in [-0.15, -0.1) is 0 Å². The second-order valence-corrected chi connectivity index (χ2v) is 7.49. The lowest BCUT2D eigenvalue weighted by molar-refractivity contribution is -0.113. The van der Waals surface area contributed by atoms with Gasteiger partial charge >= 0.3 is 0 Å². The highest BCUT2D eigenvalue weighted by Crippen LogP contribution is 2.33. The predicted molar refractivity (Wildman–Crippen MR) is 113 cm³/mol. The number of thioether (sulfide) groups is 1. The summed E-state index contributed by atoms with van der Waals surface area (Å²) in [6.07, 6.45) is 0. The molecule has 0 fully saturated rings. The summed E-state index contributed by atoms with van der Waals surface area (Å²) >= 11 is 4.61. The first-order valence-electron chi connectivity index (χ1n) is 8.19. The zero-order chi connectivity index (χ0) is 20.1. The fraction of sp³-hybridized carbons (Fsp3) is 0.150. The lowest BCUT2D eigenvalue weighted by Crippen LogP contribution is -2.14. The van der Waals surface area contributed by atoms with E-state index >= 15 is 0 Å². The number of ether oxygens (including phenoxy) is 2. The maximum Gasteiger partial charge on any atom is 0.234 e. The van der Waals surface area contributed by atoms with Crippen LogP contribution in [0.4, 0.5) is 5.69 Å². The van der Waals surface area contributed by atoms with Crippen LogP contribution in [-0.2, 0) is 4.79 Å². The Kier molecular flexibility index (Phi) is 6.39. The lowest BCUT2D eigenvalue weighted by Gasteiger charge is -2.11. The monoisotopic (exact) mass is 457 g/mol. The standard InChI is InChI=1S/C20H16BrN3O3S/c1-26-17-8-12-7-13(10-22)20(24-16(12)9-18(17)27-2)28-11-19(25)23-15-6-4-3-5-14(15)21/h3-9H,11H2,1-2H3,(H,23,25). The van der Waals surface area contributed by atoms with Crippen LogP contribution in [0, 0.1) is 11.3 Å². The highest BCUT2D eigenvalue weighted by molar-refractivity contribution is 9.10. The molecule has 28 heavy (non-hydrogen) atoms. The van der Waals surface area contributed by atoms with E-state index in [0.717, 1.165) is 9.86 Å². The van der Waals surface area contributed by atoms with E-state index in [1.807, 2.05) is 18.2 Å². The Hall–Kier alpha value is -2.76. The summed E-state index contributed by atoms with van der Waals surface area (Å²) in [5, 5.41) is 13.6. The molecule has 0 aliphatic carbocycles. The smallest absolute Gasteiger partial charge is 0.234 e. The van der Waals surface area contributed by atoms with Gasteiger partial charge in [0.15, 0.2) is 11.5 Å². The van der Waals surface area contributed by atoms with E-state index in [9.17, 15) is 10.1 Å². The molecule has 0 atom stereocenters. The number of carbonyl (C=O) groups is 1. The number of carbonyl (C=O) groups excluding carboxylic acids is 1. The molecule has 0 saturated heterocycles. The van der Waals surface area contributed by atoms with E-state index in [2.05, 4.69) is 32.3 Å². The van der Waals surface area contributed by atoms with Crippen molar-refractivity contribution >= 4 is 50.2 Å². The molecule has 2 aromatic carbocycles. The minimum absolute atomic E-state index is 0.127. The number of aromatic nitrogens is 1. The molecule has 0 spiro atoms. The van der Waals surface area contributed by atoms with Gasteiger partial charge in [0.05, 0.1) is 36.7 Å². The maximum absolute atomic E-state index is 12.3. The molecule has 3 aromatic rings. The van der Waals surface area contributed by atoms with Crippen molar-refractivity contribution in [3.8, 4) is 17.6 Å². The number of amides is 1. The number of nitrogens with one attached hydrogen (secondary N) is 1. The Balaban J connectivity index is 1.83. The average molecular weight is 458 g/mol. The highest BCUT2D eigenvalue weighted by atomic mass is 79.9. The van der Waals surface area contributed by atoms with Gasteiger partial charge in [-0.2, -0.15) is 5.26 Å². The molecule has 0 unspecified atom stereocenters. The third-order valence-electron chi connectivity index (χ3n) is 3.89. The summed E-state index contributed by atoms with van der Waals surface area (Å²) in [6, 6.07) is 14.8. The molecule has 3 rings (SSSR count). The van der Waals surface area contributed by atoms with Crippen LogP contribution in [0.15, 0.2) is 52.0 Å². The Morgan fingerprint density at radius 3 is 2.61 bits per heavy atom. The molecule has 0 aliphatic rings. The van der Waals surface area contributed by atoms with Crippen molar-refractivity contribution in [3.63, 3.8) is 0 Å². The van der Waals surface area contributed by atoms with Crippen LogP contribution in [0.1, 0.15) is 5.56 Å². The lowest BCUT2D eigenvalue weighted by atomic mass is 10.1. The van der Waals surface area contributed by atoms with E-state index in [0.29, 0.717) is 33.3 Å². The number of halogens is 1. The SMILES string of the molecule is COc1cc2cc(C#N)c(SCC(=O)Nc3ccccc3Br)nc2cc1OC. The first-order chi connectivity index (χ1) is 13.5. The van der Waals surface area contributed by atoms with E-state index in [-0.39, 0.29) is 11.7 Å². The van der Waals surface area contributed by atoms with Crippen molar-refractivity contribution in [2.45, 2.75) is 5.03 Å². The van der Waals surface area contributed by atoms with Crippen molar-refractivity contribution < 1.29 is 14.3 Å². The Morgan fingerprint density at radius 2 is 1.93 bits per heavy atom. The number of para-hydroxylation sites is 1. The molecule has 1 amide bonds. The number of pyridine rings is 1. The van der Waals surface area contributed by atoms with E-state index in [1.165, 1.54) is 11.8 Å². The van der Waals surface area contributed by atoms with Gasteiger partial charge in [0.25, 0.3) is 0 Å². The van der Waals surface area contributed by atoms with Gasteiger partial charge in [-0.05, 0) is 40.2 Å². The highest BCUT2D eigenvalue weighted by Gasteiger charge is 2.14. The number of methoxy groups -OCH3 is 2. The summed E-state index contributed by atoms with van der Waals surface area (Å²) in [5.41, 5.74) is 1.75. The number of anilines is 1. The first kappa shape index (κ1) is 20.0. The minimum Gasteiger partial charge on any atom is -0.493 e. The summed E-state index contributed by atoms with van der Waals surface area (Å²) in [6.45, 7) is 0. The average Bonchev–Trinajstić information content (AvgIpc) is 2.72. The van der Waals surface area contributed by atoms with Crippen LogP contribution < -0.4 is 14.8 Å². The molecule has 1 heterocycles. The van der Waals surface area contributed by atoms with Gasteiger partial charge < -0.3 is 14.8 Å². The zero-order valence-electron chi connectivity index (χ0n) is 15.2. The molecule has 6 nitrogen and oxygen atoms in total.